The molecule has 20 heavy (non-hydrogen) atoms. The number of ether oxygens (including phenoxy) is 1. The minimum absolute atomic E-state index is 0.0843. The van der Waals surface area contributed by atoms with E-state index >= 15 is 0 Å². The lowest BCUT2D eigenvalue weighted by Gasteiger charge is -2.22. The van der Waals surface area contributed by atoms with E-state index in [1.807, 2.05) is 0 Å². The normalized spacial score (nSPS) is 13.9. The summed E-state index contributed by atoms with van der Waals surface area (Å²) in [5.41, 5.74) is -0.610. The van der Waals surface area contributed by atoms with Crippen LogP contribution in [0.3, 0.4) is 0 Å². The van der Waals surface area contributed by atoms with Crippen LogP contribution in [0.1, 0.15) is 34.6 Å². The summed E-state index contributed by atoms with van der Waals surface area (Å²) in [5, 5.41) is 12.2. The molecule has 2 N–H and O–H groups in total. The van der Waals surface area contributed by atoms with Crippen molar-refractivity contribution in [2.45, 2.75) is 46.3 Å². The number of aliphatic hydroxyl groups excluding tert-OH is 1. The molecule has 0 unspecified atom stereocenters. The van der Waals surface area contributed by atoms with Crippen molar-refractivity contribution in [3.63, 3.8) is 0 Å². The first-order valence-corrected chi connectivity index (χ1v) is 8.37. The minimum atomic E-state index is -3.32. The quantitative estimate of drug-likeness (QED) is 0.667. The predicted octanol–water partition coefficient (Wildman–Crippen LogP) is 2.14. The number of rotatable bonds is 8. The molecule has 0 aliphatic rings. The van der Waals surface area contributed by atoms with Crippen molar-refractivity contribution < 1.29 is 28.3 Å². The Morgan fingerprint density at radius 1 is 1.25 bits per heavy atom. The van der Waals surface area contributed by atoms with Crippen molar-refractivity contribution in [3.8, 4) is 0 Å². The van der Waals surface area contributed by atoms with Crippen LogP contribution in [0.2, 0.25) is 0 Å². The number of carbonyl (C=O) groups excluding carboxylic acids is 1. The number of carbonyl (C=O) groups is 1. The molecule has 0 aromatic carbocycles. The second-order valence-corrected chi connectivity index (χ2v) is 7.27. The molecule has 0 rings (SSSR count). The van der Waals surface area contributed by atoms with Crippen molar-refractivity contribution in [3.05, 3.63) is 0 Å². The molecule has 0 heterocycles. The molecule has 0 aliphatic heterocycles. The molecule has 0 fully saturated rings. The molecule has 0 saturated heterocycles. The SMILES string of the molecule is CCOP(=O)(C[C@@H](O)CNC(=O)OC(C)(C)C)OCC. The van der Waals surface area contributed by atoms with E-state index < -0.39 is 25.4 Å². The van der Waals surface area contributed by atoms with Gasteiger partial charge in [-0.05, 0) is 34.6 Å². The van der Waals surface area contributed by atoms with Gasteiger partial charge >= 0.3 is 13.7 Å². The fraction of sp³-hybridized carbons (Fsp3) is 0.917. The number of hydrogen-bond acceptors (Lipinski definition) is 6. The number of alkyl carbamates (subject to hydrolysis) is 1. The Morgan fingerprint density at radius 2 is 1.75 bits per heavy atom. The fourth-order valence-electron chi connectivity index (χ4n) is 1.37. The van der Waals surface area contributed by atoms with Gasteiger partial charge in [0.25, 0.3) is 0 Å². The van der Waals surface area contributed by atoms with Crippen LogP contribution in [0.4, 0.5) is 4.79 Å². The third-order valence-electron chi connectivity index (χ3n) is 1.97. The zero-order chi connectivity index (χ0) is 15.8. The molecular formula is C12H26NO6P. The molecule has 1 atom stereocenters. The number of nitrogens with one attached hydrogen (secondary N) is 1. The van der Waals surface area contributed by atoms with E-state index in [9.17, 15) is 14.5 Å². The van der Waals surface area contributed by atoms with Crippen molar-refractivity contribution in [2.75, 3.05) is 25.9 Å². The van der Waals surface area contributed by atoms with Gasteiger partial charge in [0.1, 0.15) is 5.60 Å². The van der Waals surface area contributed by atoms with Gasteiger partial charge in [-0.3, -0.25) is 4.57 Å². The first kappa shape index (κ1) is 19.4. The first-order valence-electron chi connectivity index (χ1n) is 6.65. The number of hydrogen-bond donors (Lipinski definition) is 2. The molecule has 7 nitrogen and oxygen atoms in total. The summed E-state index contributed by atoms with van der Waals surface area (Å²) in [6.07, 6.45) is -1.85. The lowest BCUT2D eigenvalue weighted by molar-refractivity contribution is 0.0495. The lowest BCUT2D eigenvalue weighted by Crippen LogP contribution is -2.38. The summed E-state index contributed by atoms with van der Waals surface area (Å²) in [6.45, 7) is 8.96. The van der Waals surface area contributed by atoms with Gasteiger partial charge in [-0.15, -0.1) is 0 Å². The zero-order valence-corrected chi connectivity index (χ0v) is 13.7. The standard InChI is InChI=1S/C12H26NO6P/c1-6-17-20(16,18-7-2)9-10(14)8-13-11(15)19-12(3,4)5/h10,14H,6-9H2,1-5H3,(H,13,15)/t10-/m0/s1. The highest BCUT2D eigenvalue weighted by molar-refractivity contribution is 7.53. The van der Waals surface area contributed by atoms with E-state index in [2.05, 4.69) is 5.32 Å². The molecule has 0 radical (unpaired) electrons. The fourth-order valence-corrected chi connectivity index (χ4v) is 3.09. The molecule has 120 valence electrons. The Balaban J connectivity index is 4.24. The summed E-state index contributed by atoms with van der Waals surface area (Å²) in [5.74, 6) is 0. The van der Waals surface area contributed by atoms with Gasteiger partial charge in [0.2, 0.25) is 0 Å². The maximum absolute atomic E-state index is 12.1. The molecule has 0 bridgehead atoms. The average molecular weight is 311 g/mol. The summed E-state index contributed by atoms with van der Waals surface area (Å²) in [6, 6.07) is 0. The monoisotopic (exact) mass is 311 g/mol. The largest absolute Gasteiger partial charge is 0.444 e. The highest BCUT2D eigenvalue weighted by atomic mass is 31.2. The summed E-state index contributed by atoms with van der Waals surface area (Å²) >= 11 is 0. The van der Waals surface area contributed by atoms with E-state index in [-0.39, 0.29) is 25.9 Å². The van der Waals surface area contributed by atoms with E-state index in [1.54, 1.807) is 34.6 Å². The van der Waals surface area contributed by atoms with Crippen molar-refractivity contribution in [1.29, 1.82) is 0 Å². The van der Waals surface area contributed by atoms with Crippen molar-refractivity contribution in [2.24, 2.45) is 0 Å². The molecule has 0 saturated carbocycles. The molecule has 0 spiro atoms. The Hall–Kier alpha value is -0.620. The highest BCUT2D eigenvalue weighted by Crippen LogP contribution is 2.48. The average Bonchev–Trinajstić information content (AvgIpc) is 2.24. The van der Waals surface area contributed by atoms with Crippen LogP contribution in [0.25, 0.3) is 0 Å². The molecular weight excluding hydrogens is 285 g/mol. The van der Waals surface area contributed by atoms with Crippen LogP contribution >= 0.6 is 7.60 Å². The predicted molar refractivity (Wildman–Crippen MR) is 76.0 cm³/mol. The molecule has 0 aromatic heterocycles. The molecule has 0 aromatic rings. The van der Waals surface area contributed by atoms with Crippen LogP contribution in [-0.2, 0) is 18.3 Å². The van der Waals surface area contributed by atoms with E-state index in [0.29, 0.717) is 0 Å². The summed E-state index contributed by atoms with van der Waals surface area (Å²) < 4.78 is 27.3. The van der Waals surface area contributed by atoms with Crippen LogP contribution in [-0.4, -0.2) is 48.8 Å². The second-order valence-electron chi connectivity index (χ2n) is 5.17. The van der Waals surface area contributed by atoms with Gasteiger partial charge in [-0.1, -0.05) is 0 Å². The first-order chi connectivity index (χ1) is 9.12. The van der Waals surface area contributed by atoms with Crippen LogP contribution in [0.15, 0.2) is 0 Å². The summed E-state index contributed by atoms with van der Waals surface area (Å²) in [7, 11) is -3.32. The van der Waals surface area contributed by atoms with Gasteiger partial charge in [0.15, 0.2) is 0 Å². The maximum Gasteiger partial charge on any atom is 0.407 e. The Bertz CT molecular complexity index is 331. The minimum Gasteiger partial charge on any atom is -0.444 e. The van der Waals surface area contributed by atoms with Crippen molar-refractivity contribution in [1.82, 2.24) is 5.32 Å². The number of aliphatic hydroxyl groups is 1. The molecule has 0 aliphatic carbocycles. The van der Waals surface area contributed by atoms with E-state index in [4.69, 9.17) is 13.8 Å². The van der Waals surface area contributed by atoms with E-state index in [0.717, 1.165) is 0 Å². The maximum atomic E-state index is 12.1. The van der Waals surface area contributed by atoms with Gasteiger partial charge in [-0.2, -0.15) is 0 Å². The van der Waals surface area contributed by atoms with Gasteiger partial charge in [-0.25, -0.2) is 4.79 Å². The van der Waals surface area contributed by atoms with Gasteiger partial charge in [0, 0.05) is 6.54 Å². The Morgan fingerprint density at radius 3 is 2.15 bits per heavy atom. The zero-order valence-electron chi connectivity index (χ0n) is 12.8. The van der Waals surface area contributed by atoms with Crippen molar-refractivity contribution >= 4 is 13.7 Å². The second kappa shape index (κ2) is 8.62. The van der Waals surface area contributed by atoms with Gasteiger partial charge in [0.05, 0.1) is 25.5 Å². The lowest BCUT2D eigenvalue weighted by atomic mass is 10.2. The third-order valence-corrected chi connectivity index (χ3v) is 4.14. The number of amides is 1. The smallest absolute Gasteiger partial charge is 0.407 e. The van der Waals surface area contributed by atoms with Crippen LogP contribution in [0.5, 0.6) is 0 Å². The molecule has 8 heteroatoms. The van der Waals surface area contributed by atoms with Crippen LogP contribution < -0.4 is 5.32 Å². The van der Waals surface area contributed by atoms with E-state index in [1.165, 1.54) is 0 Å². The molecule has 1 amide bonds. The Labute approximate surface area is 120 Å². The summed E-state index contributed by atoms with van der Waals surface area (Å²) in [4.78, 5) is 11.4. The highest BCUT2D eigenvalue weighted by Gasteiger charge is 2.28. The topological polar surface area (TPSA) is 94.1 Å². The van der Waals surface area contributed by atoms with Crippen LogP contribution in [0, 0.1) is 0 Å². The van der Waals surface area contributed by atoms with Gasteiger partial charge < -0.3 is 24.2 Å². The Kier molecular flexibility index (Phi) is 8.35. The third kappa shape index (κ3) is 9.31.